The molecule has 0 aliphatic carbocycles. The summed E-state index contributed by atoms with van der Waals surface area (Å²) in [6.45, 7) is 1.48. The van der Waals surface area contributed by atoms with Gasteiger partial charge in [0.2, 0.25) is 5.91 Å². The molecule has 3 heterocycles. The molecule has 0 radical (unpaired) electrons. The van der Waals surface area contributed by atoms with Gasteiger partial charge in [0.25, 0.3) is 5.91 Å². The summed E-state index contributed by atoms with van der Waals surface area (Å²) < 4.78 is 4.32. The first kappa shape index (κ1) is 17.5. The van der Waals surface area contributed by atoms with Crippen molar-refractivity contribution in [3.05, 3.63) is 35.9 Å². The Bertz CT molecular complexity index is 821. The highest BCUT2D eigenvalue weighted by Crippen LogP contribution is 2.31. The minimum Gasteiger partial charge on any atom is -0.348 e. The topological polar surface area (TPSA) is 83.1 Å². The fraction of sp³-hybridized carbons (Fsp3) is 0.389. The molecule has 1 aromatic heterocycles. The lowest BCUT2D eigenvalue weighted by atomic mass is 9.95. The summed E-state index contributed by atoms with van der Waals surface area (Å²) in [6.07, 6.45) is 3.41. The van der Waals surface area contributed by atoms with E-state index in [2.05, 4.69) is 20.3 Å². The van der Waals surface area contributed by atoms with Crippen LogP contribution in [-0.2, 0) is 4.79 Å². The number of fused-ring (bicyclic) bond motifs is 2. The Hall–Kier alpha value is -1.90. The molecule has 2 aliphatic rings. The van der Waals surface area contributed by atoms with Crippen LogP contribution in [0.1, 0.15) is 36.5 Å². The minimum absolute atomic E-state index is 0.0116. The average molecular weight is 389 g/mol. The second-order valence-corrected chi connectivity index (χ2v) is 8.60. The second kappa shape index (κ2) is 7.38. The number of anilines is 1. The molecule has 1 aromatic carbocycles. The molecule has 2 fully saturated rings. The molecule has 3 atom stereocenters. The number of benzene rings is 1. The standard InChI is InChI=1S/C18H20N4O2S2/c1-10(23)19-16-9-17(22-26-16)25-13-5-2-11(3-6-13)18(24)21-15-8-12-4-7-14(15)20-12/h2-3,5-6,9,12,14-15,20H,4,7-8H2,1H3,(H,19,23)(H,21,24). The number of amides is 2. The molecule has 0 spiro atoms. The van der Waals surface area contributed by atoms with Crippen LogP contribution in [0, 0.1) is 0 Å². The highest BCUT2D eigenvalue weighted by atomic mass is 32.2. The van der Waals surface area contributed by atoms with Gasteiger partial charge in [-0.05, 0) is 55.1 Å². The molecule has 2 aromatic rings. The van der Waals surface area contributed by atoms with E-state index in [1.807, 2.05) is 30.3 Å². The van der Waals surface area contributed by atoms with Gasteiger partial charge in [0.1, 0.15) is 10.0 Å². The van der Waals surface area contributed by atoms with Crippen LogP contribution in [0.15, 0.2) is 40.3 Å². The monoisotopic (exact) mass is 388 g/mol. The number of rotatable bonds is 5. The predicted molar refractivity (Wildman–Crippen MR) is 103 cm³/mol. The molecular weight excluding hydrogens is 368 g/mol. The molecule has 0 saturated carbocycles. The van der Waals surface area contributed by atoms with Crippen molar-refractivity contribution in [3.63, 3.8) is 0 Å². The van der Waals surface area contributed by atoms with Crippen LogP contribution in [0.5, 0.6) is 0 Å². The van der Waals surface area contributed by atoms with E-state index in [0.29, 0.717) is 17.6 Å². The fourth-order valence-electron chi connectivity index (χ4n) is 3.57. The Kier molecular flexibility index (Phi) is 4.97. The van der Waals surface area contributed by atoms with E-state index < -0.39 is 0 Å². The molecule has 136 valence electrons. The molecule has 6 nitrogen and oxygen atoms in total. The van der Waals surface area contributed by atoms with Gasteiger partial charge in [0.15, 0.2) is 0 Å². The minimum atomic E-state index is -0.105. The van der Waals surface area contributed by atoms with Gasteiger partial charge in [0.05, 0.1) is 0 Å². The van der Waals surface area contributed by atoms with E-state index in [-0.39, 0.29) is 17.9 Å². The maximum absolute atomic E-state index is 12.5. The van der Waals surface area contributed by atoms with Crippen LogP contribution >= 0.6 is 23.3 Å². The fourth-order valence-corrected chi connectivity index (χ4v) is 5.19. The van der Waals surface area contributed by atoms with Gasteiger partial charge in [-0.15, -0.1) is 0 Å². The Morgan fingerprint density at radius 2 is 2.08 bits per heavy atom. The molecule has 8 heteroatoms. The number of aromatic nitrogens is 1. The third kappa shape index (κ3) is 3.92. The molecule has 3 unspecified atom stereocenters. The summed E-state index contributed by atoms with van der Waals surface area (Å²) in [6, 6.07) is 10.6. The van der Waals surface area contributed by atoms with E-state index in [0.717, 1.165) is 27.8 Å². The zero-order chi connectivity index (χ0) is 18.1. The van der Waals surface area contributed by atoms with Crippen LogP contribution < -0.4 is 16.0 Å². The first-order valence-electron chi connectivity index (χ1n) is 8.66. The smallest absolute Gasteiger partial charge is 0.251 e. The molecular formula is C18H20N4O2S2. The molecule has 4 rings (SSSR count). The summed E-state index contributed by atoms with van der Waals surface area (Å²) in [5, 5.41) is 11.0. The van der Waals surface area contributed by atoms with Gasteiger partial charge >= 0.3 is 0 Å². The van der Waals surface area contributed by atoms with Gasteiger partial charge in [-0.1, -0.05) is 11.8 Å². The predicted octanol–water partition coefficient (Wildman–Crippen LogP) is 2.88. The Labute approximate surface area is 160 Å². The van der Waals surface area contributed by atoms with Crippen LogP contribution in [0.2, 0.25) is 0 Å². The summed E-state index contributed by atoms with van der Waals surface area (Å²) in [7, 11) is 0. The van der Waals surface area contributed by atoms with Gasteiger partial charge in [-0.25, -0.2) is 0 Å². The van der Waals surface area contributed by atoms with Crippen molar-refractivity contribution in [2.45, 2.75) is 54.2 Å². The summed E-state index contributed by atoms with van der Waals surface area (Å²) in [4.78, 5) is 24.5. The summed E-state index contributed by atoms with van der Waals surface area (Å²) in [5.74, 6) is -0.117. The van der Waals surface area contributed by atoms with Crippen molar-refractivity contribution in [3.8, 4) is 0 Å². The van der Waals surface area contributed by atoms with Crippen LogP contribution in [0.25, 0.3) is 0 Å². The lowest BCUT2D eigenvalue weighted by Gasteiger charge is -2.21. The number of carbonyl (C=O) groups excluding carboxylic acids is 2. The summed E-state index contributed by atoms with van der Waals surface area (Å²) >= 11 is 2.76. The van der Waals surface area contributed by atoms with Gasteiger partial charge in [-0.3, -0.25) is 9.59 Å². The maximum Gasteiger partial charge on any atom is 0.251 e. The normalized spacial score (nSPS) is 23.8. The van der Waals surface area contributed by atoms with Crippen molar-refractivity contribution in [1.29, 1.82) is 0 Å². The van der Waals surface area contributed by atoms with Crippen molar-refractivity contribution in [2.75, 3.05) is 5.32 Å². The number of carbonyl (C=O) groups is 2. The molecule has 3 N–H and O–H groups in total. The van der Waals surface area contributed by atoms with E-state index in [4.69, 9.17) is 0 Å². The van der Waals surface area contributed by atoms with E-state index in [1.54, 1.807) is 0 Å². The molecule has 2 aliphatic heterocycles. The third-order valence-electron chi connectivity index (χ3n) is 4.74. The first-order valence-corrected chi connectivity index (χ1v) is 10.2. The van der Waals surface area contributed by atoms with Crippen LogP contribution in [0.4, 0.5) is 5.00 Å². The molecule has 2 saturated heterocycles. The highest BCUT2D eigenvalue weighted by Gasteiger charge is 2.39. The second-order valence-electron chi connectivity index (χ2n) is 6.70. The van der Waals surface area contributed by atoms with Crippen molar-refractivity contribution in [2.24, 2.45) is 0 Å². The van der Waals surface area contributed by atoms with E-state index >= 15 is 0 Å². The SMILES string of the molecule is CC(=O)Nc1cc(Sc2ccc(C(=O)NC3CC4CCC3N4)cc2)ns1. The zero-order valence-corrected chi connectivity index (χ0v) is 16.0. The summed E-state index contributed by atoms with van der Waals surface area (Å²) in [5.41, 5.74) is 0.675. The number of hydrogen-bond acceptors (Lipinski definition) is 6. The van der Waals surface area contributed by atoms with Gasteiger partial charge < -0.3 is 16.0 Å². The van der Waals surface area contributed by atoms with Crippen molar-refractivity contribution >= 4 is 40.1 Å². The average Bonchev–Trinajstić information content (AvgIpc) is 3.32. The number of nitrogens with zero attached hydrogens (tertiary/aromatic N) is 1. The van der Waals surface area contributed by atoms with E-state index in [1.165, 1.54) is 36.6 Å². The molecule has 2 amide bonds. The third-order valence-corrected chi connectivity index (χ3v) is 6.49. The quantitative estimate of drug-likeness (QED) is 0.734. The largest absolute Gasteiger partial charge is 0.348 e. The highest BCUT2D eigenvalue weighted by molar-refractivity contribution is 7.99. The van der Waals surface area contributed by atoms with Crippen LogP contribution in [0.3, 0.4) is 0 Å². The lowest BCUT2D eigenvalue weighted by Crippen LogP contribution is -2.42. The van der Waals surface area contributed by atoms with Crippen molar-refractivity contribution < 1.29 is 9.59 Å². The molecule has 2 bridgehead atoms. The van der Waals surface area contributed by atoms with E-state index in [9.17, 15) is 9.59 Å². The van der Waals surface area contributed by atoms with Crippen molar-refractivity contribution in [1.82, 2.24) is 15.0 Å². The van der Waals surface area contributed by atoms with Gasteiger partial charge in [-0.2, -0.15) is 4.37 Å². The van der Waals surface area contributed by atoms with Gasteiger partial charge in [0, 0.05) is 41.6 Å². The zero-order valence-electron chi connectivity index (χ0n) is 14.3. The number of hydrogen-bond donors (Lipinski definition) is 3. The first-order chi connectivity index (χ1) is 12.6. The Balaban J connectivity index is 1.35. The van der Waals surface area contributed by atoms with Crippen LogP contribution in [-0.4, -0.2) is 34.3 Å². The Morgan fingerprint density at radius 1 is 1.27 bits per heavy atom. The maximum atomic E-state index is 12.5. The Morgan fingerprint density at radius 3 is 2.73 bits per heavy atom. The lowest BCUT2D eigenvalue weighted by molar-refractivity contribution is -0.114. The number of nitrogens with one attached hydrogen (secondary N) is 3. The molecule has 26 heavy (non-hydrogen) atoms.